The van der Waals surface area contributed by atoms with E-state index >= 15 is 4.39 Å². The van der Waals surface area contributed by atoms with Gasteiger partial charge in [0.1, 0.15) is 5.82 Å². The predicted molar refractivity (Wildman–Crippen MR) is 123 cm³/mol. The van der Waals surface area contributed by atoms with Gasteiger partial charge in [-0.2, -0.15) is 22.0 Å². The monoisotopic (exact) mass is 602 g/mol. The van der Waals surface area contributed by atoms with Crippen LogP contribution in [-0.2, 0) is 15.0 Å². The minimum atomic E-state index is -4.89. The third kappa shape index (κ3) is 4.93. The number of hydrogen-bond acceptors (Lipinski definition) is 6. The van der Waals surface area contributed by atoms with Gasteiger partial charge < -0.3 is 9.47 Å². The van der Waals surface area contributed by atoms with E-state index in [1.807, 2.05) is 0 Å². The smallest absolute Gasteiger partial charge is 0.418 e. The molecule has 35 heavy (non-hydrogen) atoms. The van der Waals surface area contributed by atoms with E-state index < -0.39 is 51.9 Å². The lowest BCUT2D eigenvalue weighted by molar-refractivity contribution is -0.138. The summed E-state index contributed by atoms with van der Waals surface area (Å²) in [6.07, 6.45) is -4.89. The minimum Gasteiger partial charge on any atom is -0.452 e. The average Bonchev–Trinajstić information content (AvgIpc) is 3.26. The predicted octanol–water partition coefficient (Wildman–Crippen LogP) is 7.34. The molecule has 2 heterocycles. The Morgan fingerprint density at radius 3 is 2.57 bits per heavy atom. The van der Waals surface area contributed by atoms with Crippen LogP contribution < -0.4 is 9.64 Å². The van der Waals surface area contributed by atoms with Crippen LogP contribution in [-0.4, -0.2) is 36.3 Å². The summed E-state index contributed by atoms with van der Waals surface area (Å²) in [5.74, 6) is -0.498. The summed E-state index contributed by atoms with van der Waals surface area (Å²) in [7, 11) is 1.03. The molecule has 2 aliphatic rings. The van der Waals surface area contributed by atoms with E-state index in [-0.39, 0.29) is 10.9 Å². The molecule has 0 saturated carbocycles. The first kappa shape index (κ1) is 26.3. The van der Waals surface area contributed by atoms with E-state index in [9.17, 15) is 26.7 Å². The molecule has 5 nitrogen and oxygen atoms in total. The van der Waals surface area contributed by atoms with Crippen LogP contribution in [0.5, 0.6) is 5.75 Å². The number of ether oxygens (including phenoxy) is 2. The van der Waals surface area contributed by atoms with Gasteiger partial charge in [-0.25, -0.2) is 14.2 Å². The van der Waals surface area contributed by atoms with E-state index in [4.69, 9.17) is 4.74 Å². The molecule has 0 bridgehead atoms. The molecule has 1 saturated heterocycles. The lowest BCUT2D eigenvalue weighted by Crippen LogP contribution is -2.40. The molecule has 1 amide bonds. The van der Waals surface area contributed by atoms with Gasteiger partial charge in [0.05, 0.1) is 27.3 Å². The van der Waals surface area contributed by atoms with Crippen molar-refractivity contribution in [3.05, 3.63) is 51.4 Å². The van der Waals surface area contributed by atoms with Gasteiger partial charge in [0.25, 0.3) is 0 Å². The normalized spacial score (nSPS) is 19.1. The molecule has 0 radical (unpaired) electrons. The van der Waals surface area contributed by atoms with Crippen LogP contribution in [0.15, 0.2) is 28.9 Å². The fourth-order valence-electron chi connectivity index (χ4n) is 4.26. The summed E-state index contributed by atoms with van der Waals surface area (Å²) >= 11 is 6.34. The van der Waals surface area contributed by atoms with Crippen molar-refractivity contribution in [2.45, 2.75) is 35.8 Å². The van der Waals surface area contributed by atoms with Crippen LogP contribution in [0.1, 0.15) is 35.6 Å². The maximum absolute atomic E-state index is 15.5. The fraction of sp³-hybridized carbons (Fsp3) is 0.429. The van der Waals surface area contributed by atoms with E-state index in [0.29, 0.717) is 29.8 Å². The molecule has 1 aromatic heterocycles. The zero-order chi connectivity index (χ0) is 25.5. The first-order valence-corrected chi connectivity index (χ1v) is 12.9. The largest absolute Gasteiger partial charge is 0.452 e. The molecular formula is C21H17BrF6N2O3S2. The Hall–Kier alpha value is -1.80. The Labute approximate surface area is 213 Å². The van der Waals surface area contributed by atoms with Gasteiger partial charge in [0.2, 0.25) is 0 Å². The van der Waals surface area contributed by atoms with Gasteiger partial charge >= 0.3 is 18.9 Å². The zero-order valence-corrected chi connectivity index (χ0v) is 21.1. The van der Waals surface area contributed by atoms with E-state index in [2.05, 4.69) is 25.7 Å². The Morgan fingerprint density at radius 1 is 1.29 bits per heavy atom. The Morgan fingerprint density at radius 2 is 1.97 bits per heavy atom. The average molecular weight is 603 g/mol. The summed E-state index contributed by atoms with van der Waals surface area (Å²) in [4.78, 5) is 17.4. The molecule has 0 N–H and O–H groups in total. The second-order valence-corrected chi connectivity index (χ2v) is 11.5. The van der Waals surface area contributed by atoms with Crippen LogP contribution in [0.25, 0.3) is 0 Å². The van der Waals surface area contributed by atoms with Gasteiger partial charge in [-0.1, -0.05) is 6.07 Å². The molecule has 190 valence electrons. The van der Waals surface area contributed by atoms with Crippen molar-refractivity contribution < 1.29 is 40.6 Å². The van der Waals surface area contributed by atoms with Crippen molar-refractivity contribution >= 4 is 51.4 Å². The number of benzene rings is 1. The van der Waals surface area contributed by atoms with Gasteiger partial charge in [-0.3, -0.25) is 4.90 Å². The van der Waals surface area contributed by atoms with E-state index in [1.54, 1.807) is 29.6 Å². The highest BCUT2D eigenvalue weighted by Crippen LogP contribution is 2.61. The van der Waals surface area contributed by atoms with Crippen LogP contribution in [0.2, 0.25) is 0 Å². The maximum atomic E-state index is 15.5. The number of alkyl halides is 5. The second kappa shape index (κ2) is 9.92. The molecule has 1 aromatic carbocycles. The summed E-state index contributed by atoms with van der Waals surface area (Å²) < 4.78 is 90.2. The van der Waals surface area contributed by atoms with Crippen molar-refractivity contribution in [3.63, 3.8) is 0 Å². The third-order valence-corrected chi connectivity index (χ3v) is 9.80. The number of methoxy groups -OCH3 is 1. The highest BCUT2D eigenvalue weighted by atomic mass is 79.9. The SMILES string of the molecule is COC(=O)N(c1ncc(C(F)(F)F)cc1OC(F)F)C1CCC2(SCCS2)c2c1ccc(Br)c2F. The van der Waals surface area contributed by atoms with Gasteiger partial charge in [-0.15, -0.1) is 23.5 Å². The number of fused-ring (bicyclic) bond motifs is 2. The summed E-state index contributed by atoms with van der Waals surface area (Å²) in [5, 5.41) is 0. The third-order valence-electron chi connectivity index (χ3n) is 5.66. The highest BCUT2D eigenvalue weighted by molar-refractivity contribution is 9.10. The molecule has 4 rings (SSSR count). The number of amides is 1. The molecule has 1 aliphatic carbocycles. The quantitative estimate of drug-likeness (QED) is 0.341. The Balaban J connectivity index is 1.89. The number of nitrogens with zero attached hydrogens (tertiary/aromatic N) is 2. The fourth-order valence-corrected chi connectivity index (χ4v) is 7.98. The first-order chi connectivity index (χ1) is 16.5. The minimum absolute atomic E-state index is 0.211. The van der Waals surface area contributed by atoms with Gasteiger partial charge in [0.15, 0.2) is 11.6 Å². The lowest BCUT2D eigenvalue weighted by Gasteiger charge is -2.42. The van der Waals surface area contributed by atoms with Crippen LogP contribution in [0, 0.1) is 5.82 Å². The molecule has 1 aliphatic heterocycles. The Kier molecular flexibility index (Phi) is 7.45. The number of rotatable bonds is 4. The second-order valence-electron chi connectivity index (χ2n) is 7.59. The van der Waals surface area contributed by atoms with E-state index in [1.165, 1.54) is 6.07 Å². The number of anilines is 1. The number of thioether (sulfide) groups is 2. The van der Waals surface area contributed by atoms with Crippen molar-refractivity contribution in [2.75, 3.05) is 23.5 Å². The van der Waals surface area contributed by atoms with Gasteiger partial charge in [-0.05, 0) is 46.5 Å². The molecule has 1 fully saturated rings. The molecule has 1 spiro atoms. The summed E-state index contributed by atoms with van der Waals surface area (Å²) in [6, 6.07) is 2.44. The molecule has 2 aromatic rings. The topological polar surface area (TPSA) is 51.7 Å². The van der Waals surface area contributed by atoms with Crippen LogP contribution in [0.3, 0.4) is 0 Å². The van der Waals surface area contributed by atoms with Crippen LogP contribution >= 0.6 is 39.5 Å². The highest BCUT2D eigenvalue weighted by Gasteiger charge is 2.48. The maximum Gasteiger partial charge on any atom is 0.418 e. The van der Waals surface area contributed by atoms with Crippen molar-refractivity contribution in [3.8, 4) is 5.75 Å². The van der Waals surface area contributed by atoms with Crippen molar-refractivity contribution in [1.29, 1.82) is 0 Å². The summed E-state index contributed by atoms with van der Waals surface area (Å²) in [6.45, 7) is -3.49. The summed E-state index contributed by atoms with van der Waals surface area (Å²) in [5.41, 5.74) is -0.611. The molecule has 14 heteroatoms. The number of carbonyl (C=O) groups is 1. The van der Waals surface area contributed by atoms with Crippen molar-refractivity contribution in [1.82, 2.24) is 4.98 Å². The first-order valence-electron chi connectivity index (χ1n) is 10.1. The number of hydrogen-bond donors (Lipinski definition) is 0. The number of carbonyl (C=O) groups excluding carboxylic acids is 1. The number of pyridine rings is 1. The van der Waals surface area contributed by atoms with E-state index in [0.717, 1.165) is 23.5 Å². The van der Waals surface area contributed by atoms with Crippen LogP contribution in [0.4, 0.5) is 37.0 Å². The molecule has 1 unspecified atom stereocenters. The lowest BCUT2D eigenvalue weighted by atomic mass is 9.85. The van der Waals surface area contributed by atoms with Gasteiger partial charge in [0, 0.05) is 23.3 Å². The standard InChI is InChI=1S/C21H17BrF6N2O3S2/c1-32-19(31)30(17-14(33-18(24)25)8-10(9-29-17)21(26,27)28)13-4-5-20(34-6-7-35-20)15-11(13)2-3-12(22)16(15)23/h2-3,8-9,13,18H,4-7H2,1H3. The Bertz CT molecular complexity index is 1130. The molecule has 1 atom stereocenters. The number of halogens is 7. The van der Waals surface area contributed by atoms with Crippen molar-refractivity contribution in [2.24, 2.45) is 0 Å². The zero-order valence-electron chi connectivity index (χ0n) is 17.9. The molecular weight excluding hydrogens is 586 g/mol. The number of aromatic nitrogens is 1.